The fourth-order valence-electron chi connectivity index (χ4n) is 3.54. The average Bonchev–Trinajstić information content (AvgIpc) is 2.72. The third-order valence-electron chi connectivity index (χ3n) is 5.29. The van der Waals surface area contributed by atoms with E-state index in [4.69, 9.17) is 4.74 Å². The summed E-state index contributed by atoms with van der Waals surface area (Å²) in [6.45, 7) is 5.08. The fraction of sp³-hybridized carbons (Fsp3) is 0.417. The van der Waals surface area contributed by atoms with Gasteiger partial charge in [0, 0.05) is 30.8 Å². The number of methoxy groups -OCH3 is 1. The maximum Gasteiger partial charge on any atom is 0.227 e. The fourth-order valence-corrected chi connectivity index (χ4v) is 3.54. The van der Waals surface area contributed by atoms with Gasteiger partial charge in [0.2, 0.25) is 11.8 Å². The van der Waals surface area contributed by atoms with Gasteiger partial charge in [-0.15, -0.1) is 0 Å². The molecule has 0 bridgehead atoms. The zero-order chi connectivity index (χ0) is 20.8. The number of nitrogens with one attached hydrogen (secondary N) is 1. The Labute approximate surface area is 173 Å². The summed E-state index contributed by atoms with van der Waals surface area (Å²) < 4.78 is 5.16. The Hall–Kier alpha value is -2.82. The zero-order valence-electron chi connectivity index (χ0n) is 17.5. The second-order valence-electron chi connectivity index (χ2n) is 7.97. The normalized spacial score (nSPS) is 13.4. The molecule has 29 heavy (non-hydrogen) atoms. The zero-order valence-corrected chi connectivity index (χ0v) is 17.5. The summed E-state index contributed by atoms with van der Waals surface area (Å²) in [4.78, 5) is 26.6. The first-order valence-corrected chi connectivity index (χ1v) is 10.3. The van der Waals surface area contributed by atoms with Gasteiger partial charge in [-0.1, -0.05) is 26.0 Å². The number of anilines is 2. The molecule has 2 aromatic carbocycles. The highest BCUT2D eigenvalue weighted by Gasteiger charge is 2.24. The lowest BCUT2D eigenvalue weighted by Gasteiger charge is -2.30. The van der Waals surface area contributed by atoms with Crippen LogP contribution in [0.15, 0.2) is 42.5 Å². The highest BCUT2D eigenvalue weighted by Crippen LogP contribution is 2.31. The molecule has 0 atom stereocenters. The average molecular weight is 395 g/mol. The van der Waals surface area contributed by atoms with Crippen LogP contribution < -0.4 is 15.0 Å². The van der Waals surface area contributed by atoms with Gasteiger partial charge in [0.25, 0.3) is 0 Å². The van der Waals surface area contributed by atoms with Gasteiger partial charge in [-0.3, -0.25) is 9.59 Å². The number of fused-ring (bicyclic) bond motifs is 1. The number of hydrogen-bond acceptors (Lipinski definition) is 3. The van der Waals surface area contributed by atoms with E-state index in [-0.39, 0.29) is 11.8 Å². The molecule has 0 unspecified atom stereocenters. The number of carbonyl (C=O) groups is 2. The molecule has 154 valence electrons. The molecule has 3 rings (SSSR count). The van der Waals surface area contributed by atoms with Crippen LogP contribution >= 0.6 is 0 Å². The summed E-state index contributed by atoms with van der Waals surface area (Å²) in [5, 5.41) is 2.99. The van der Waals surface area contributed by atoms with Crippen molar-refractivity contribution in [3.8, 4) is 5.75 Å². The first-order chi connectivity index (χ1) is 14.0. The van der Waals surface area contributed by atoms with Crippen LogP contribution in [-0.2, 0) is 22.4 Å². The van der Waals surface area contributed by atoms with Crippen molar-refractivity contribution < 1.29 is 14.3 Å². The van der Waals surface area contributed by atoms with Gasteiger partial charge in [0.05, 0.1) is 7.11 Å². The predicted molar refractivity (Wildman–Crippen MR) is 117 cm³/mol. The van der Waals surface area contributed by atoms with Crippen LogP contribution in [-0.4, -0.2) is 25.5 Å². The molecule has 5 heteroatoms. The highest BCUT2D eigenvalue weighted by molar-refractivity contribution is 5.97. The van der Waals surface area contributed by atoms with Gasteiger partial charge in [-0.05, 0) is 66.6 Å². The van der Waals surface area contributed by atoms with Crippen LogP contribution in [0.1, 0.15) is 44.2 Å². The minimum absolute atomic E-state index is 0.00989. The van der Waals surface area contributed by atoms with E-state index in [1.807, 2.05) is 47.4 Å². The summed E-state index contributed by atoms with van der Waals surface area (Å²) in [5.41, 5.74) is 4.01. The minimum Gasteiger partial charge on any atom is -0.497 e. The smallest absolute Gasteiger partial charge is 0.227 e. The molecule has 1 heterocycles. The maximum atomic E-state index is 12.4. The van der Waals surface area contributed by atoms with E-state index < -0.39 is 0 Å². The van der Waals surface area contributed by atoms with Crippen molar-refractivity contribution in [1.82, 2.24) is 0 Å². The lowest BCUT2D eigenvalue weighted by molar-refractivity contribution is -0.119. The number of hydrogen-bond donors (Lipinski definition) is 1. The Bertz CT molecular complexity index is 859. The number of carbonyl (C=O) groups excluding carboxylic acids is 2. The number of amides is 2. The Morgan fingerprint density at radius 2 is 1.90 bits per heavy atom. The Kier molecular flexibility index (Phi) is 6.91. The number of benzene rings is 2. The van der Waals surface area contributed by atoms with Crippen molar-refractivity contribution in [2.75, 3.05) is 23.9 Å². The summed E-state index contributed by atoms with van der Waals surface area (Å²) in [6, 6.07) is 13.6. The van der Waals surface area contributed by atoms with Crippen LogP contribution in [0.3, 0.4) is 0 Å². The second kappa shape index (κ2) is 9.59. The van der Waals surface area contributed by atoms with Crippen LogP contribution in [0.25, 0.3) is 0 Å². The molecule has 0 saturated heterocycles. The summed E-state index contributed by atoms with van der Waals surface area (Å²) in [7, 11) is 1.64. The first-order valence-electron chi connectivity index (χ1n) is 10.3. The highest BCUT2D eigenvalue weighted by atomic mass is 16.5. The predicted octanol–water partition coefficient (Wildman–Crippen LogP) is 4.59. The van der Waals surface area contributed by atoms with Gasteiger partial charge < -0.3 is 15.0 Å². The van der Waals surface area contributed by atoms with Crippen molar-refractivity contribution in [2.24, 2.45) is 5.92 Å². The van der Waals surface area contributed by atoms with Crippen molar-refractivity contribution >= 4 is 23.2 Å². The number of ether oxygens (including phenoxy) is 1. The largest absolute Gasteiger partial charge is 0.497 e. The van der Waals surface area contributed by atoms with Crippen molar-refractivity contribution in [1.29, 1.82) is 0 Å². The summed E-state index contributed by atoms with van der Waals surface area (Å²) >= 11 is 0. The molecule has 0 aromatic heterocycles. The molecule has 0 spiro atoms. The summed E-state index contributed by atoms with van der Waals surface area (Å²) in [6.07, 6.45) is 3.33. The van der Waals surface area contributed by atoms with Crippen molar-refractivity contribution in [2.45, 2.75) is 46.0 Å². The molecular weight excluding hydrogens is 364 g/mol. The standard InChI is InChI=1S/C24H30N2O3/c1-17(2)14-15-26-22-11-8-20(16-19(22)7-13-24(26)28)25-23(27)12-6-18-4-9-21(29-3)10-5-18/h4-5,8-11,16-17H,6-7,12-15H2,1-3H3,(H,25,27). The third kappa shape index (κ3) is 5.59. The molecule has 5 nitrogen and oxygen atoms in total. The number of rotatable bonds is 8. The molecular formula is C24H30N2O3. The number of nitrogens with zero attached hydrogens (tertiary/aromatic N) is 1. The molecule has 0 aliphatic carbocycles. The lowest BCUT2D eigenvalue weighted by Crippen LogP contribution is -2.36. The quantitative estimate of drug-likeness (QED) is 0.712. The van der Waals surface area contributed by atoms with E-state index in [1.54, 1.807) is 7.11 Å². The van der Waals surface area contributed by atoms with Gasteiger partial charge in [0.15, 0.2) is 0 Å². The molecule has 2 amide bonds. The SMILES string of the molecule is COc1ccc(CCC(=O)Nc2ccc3c(c2)CCC(=O)N3CCC(C)C)cc1. The third-order valence-corrected chi connectivity index (χ3v) is 5.29. The van der Waals surface area contributed by atoms with E-state index in [2.05, 4.69) is 19.2 Å². The van der Waals surface area contributed by atoms with E-state index in [0.29, 0.717) is 25.2 Å². The van der Waals surface area contributed by atoms with E-state index in [1.165, 1.54) is 0 Å². The summed E-state index contributed by atoms with van der Waals surface area (Å²) in [5.74, 6) is 1.55. The van der Waals surface area contributed by atoms with Crippen molar-refractivity contribution in [3.63, 3.8) is 0 Å². The minimum atomic E-state index is -0.00989. The molecule has 0 fully saturated rings. The van der Waals surface area contributed by atoms with E-state index in [9.17, 15) is 9.59 Å². The van der Waals surface area contributed by atoms with Gasteiger partial charge in [0.1, 0.15) is 5.75 Å². The van der Waals surface area contributed by atoms with Gasteiger partial charge >= 0.3 is 0 Å². The monoisotopic (exact) mass is 394 g/mol. The first kappa shape index (κ1) is 20.9. The van der Waals surface area contributed by atoms with E-state index >= 15 is 0 Å². The van der Waals surface area contributed by atoms with Crippen LogP contribution in [0.2, 0.25) is 0 Å². The van der Waals surface area contributed by atoms with Gasteiger partial charge in [-0.2, -0.15) is 0 Å². The Morgan fingerprint density at radius 1 is 1.14 bits per heavy atom. The Balaban J connectivity index is 1.60. The number of aryl methyl sites for hydroxylation is 2. The molecule has 0 saturated carbocycles. The molecule has 0 radical (unpaired) electrons. The molecule has 2 aromatic rings. The van der Waals surface area contributed by atoms with Crippen molar-refractivity contribution in [3.05, 3.63) is 53.6 Å². The van der Waals surface area contributed by atoms with Gasteiger partial charge in [-0.25, -0.2) is 0 Å². The van der Waals surface area contributed by atoms with Crippen LogP contribution in [0.5, 0.6) is 5.75 Å². The molecule has 1 aliphatic rings. The maximum absolute atomic E-state index is 12.4. The second-order valence-corrected chi connectivity index (χ2v) is 7.97. The topological polar surface area (TPSA) is 58.6 Å². The lowest BCUT2D eigenvalue weighted by atomic mass is 9.99. The Morgan fingerprint density at radius 3 is 2.59 bits per heavy atom. The van der Waals surface area contributed by atoms with Crippen LogP contribution in [0.4, 0.5) is 11.4 Å². The van der Waals surface area contributed by atoms with Crippen LogP contribution in [0, 0.1) is 5.92 Å². The van der Waals surface area contributed by atoms with E-state index in [0.717, 1.165) is 47.6 Å². The molecule has 1 N–H and O–H groups in total. The molecule has 1 aliphatic heterocycles.